The van der Waals surface area contributed by atoms with Gasteiger partial charge in [0, 0.05) is 24.1 Å². The van der Waals surface area contributed by atoms with Crippen molar-refractivity contribution in [3.8, 4) is 0 Å². The first kappa shape index (κ1) is 17.9. The van der Waals surface area contributed by atoms with E-state index in [1.165, 1.54) is 6.07 Å². The molecule has 0 aliphatic carbocycles. The quantitative estimate of drug-likeness (QED) is 0.514. The molecule has 2 aromatic carbocycles. The monoisotopic (exact) mass is 352 g/mol. The molecule has 1 heterocycles. The number of carbonyl (C=O) groups is 1. The molecule has 26 heavy (non-hydrogen) atoms. The number of esters is 1. The highest BCUT2D eigenvalue weighted by atomic mass is 16.5. The van der Waals surface area contributed by atoms with Gasteiger partial charge in [0.1, 0.15) is 12.2 Å². The number of aryl methyl sites for hydroxylation is 2. The highest BCUT2D eigenvalue weighted by Crippen LogP contribution is 2.24. The van der Waals surface area contributed by atoms with Gasteiger partial charge in [0.05, 0.1) is 12.2 Å². The fourth-order valence-corrected chi connectivity index (χ4v) is 2.77. The van der Waals surface area contributed by atoms with E-state index in [-0.39, 0.29) is 6.61 Å². The van der Waals surface area contributed by atoms with Crippen LogP contribution in [0.15, 0.2) is 51.7 Å². The van der Waals surface area contributed by atoms with Crippen LogP contribution in [-0.4, -0.2) is 13.1 Å². The second kappa shape index (κ2) is 7.54. The number of ether oxygens (including phenoxy) is 2. The third kappa shape index (κ3) is 3.68. The summed E-state index contributed by atoms with van der Waals surface area (Å²) in [4.78, 5) is 24.1. The van der Waals surface area contributed by atoms with Crippen molar-refractivity contribution < 1.29 is 18.7 Å². The Morgan fingerprint density at radius 1 is 1.04 bits per heavy atom. The molecule has 3 rings (SSSR count). The third-order valence-electron chi connectivity index (χ3n) is 4.38. The van der Waals surface area contributed by atoms with E-state index in [0.29, 0.717) is 23.3 Å². The number of hydrogen-bond acceptors (Lipinski definition) is 5. The SMILES string of the molecule is COCc1ccc(C(=O)OCc2cc(=O)oc3c(C)c(C)ccc23)cc1. The number of carbonyl (C=O) groups excluding carboxylic acids is 1. The first-order valence-corrected chi connectivity index (χ1v) is 8.27. The summed E-state index contributed by atoms with van der Waals surface area (Å²) in [5, 5.41) is 0.774. The minimum absolute atomic E-state index is 0.00323. The van der Waals surface area contributed by atoms with E-state index < -0.39 is 11.6 Å². The van der Waals surface area contributed by atoms with E-state index in [9.17, 15) is 9.59 Å². The van der Waals surface area contributed by atoms with Crippen LogP contribution in [0.2, 0.25) is 0 Å². The maximum Gasteiger partial charge on any atom is 0.338 e. The van der Waals surface area contributed by atoms with E-state index in [2.05, 4.69) is 0 Å². The summed E-state index contributed by atoms with van der Waals surface area (Å²) in [7, 11) is 1.62. The third-order valence-corrected chi connectivity index (χ3v) is 4.38. The lowest BCUT2D eigenvalue weighted by molar-refractivity contribution is 0.0473. The van der Waals surface area contributed by atoms with Gasteiger partial charge in [-0.05, 0) is 42.7 Å². The Morgan fingerprint density at radius 3 is 2.46 bits per heavy atom. The van der Waals surface area contributed by atoms with Crippen molar-refractivity contribution in [3.05, 3.63) is 80.7 Å². The minimum Gasteiger partial charge on any atom is -0.457 e. The number of hydrogen-bond donors (Lipinski definition) is 0. The first-order chi connectivity index (χ1) is 12.5. The maximum absolute atomic E-state index is 12.3. The molecule has 0 atom stereocenters. The van der Waals surface area contributed by atoms with Crippen LogP contribution < -0.4 is 5.63 Å². The van der Waals surface area contributed by atoms with Crippen molar-refractivity contribution in [1.82, 2.24) is 0 Å². The van der Waals surface area contributed by atoms with Gasteiger partial charge < -0.3 is 13.9 Å². The molecule has 0 fully saturated rings. The predicted molar refractivity (Wildman–Crippen MR) is 98.2 cm³/mol. The molecular weight excluding hydrogens is 332 g/mol. The van der Waals surface area contributed by atoms with Crippen LogP contribution in [-0.2, 0) is 22.7 Å². The van der Waals surface area contributed by atoms with Gasteiger partial charge in [-0.1, -0.05) is 24.3 Å². The van der Waals surface area contributed by atoms with Gasteiger partial charge in [-0.15, -0.1) is 0 Å². The van der Waals surface area contributed by atoms with Gasteiger partial charge in [0.2, 0.25) is 0 Å². The molecule has 0 amide bonds. The summed E-state index contributed by atoms with van der Waals surface area (Å²) in [6.45, 7) is 4.34. The molecule has 0 spiro atoms. The lowest BCUT2D eigenvalue weighted by atomic mass is 10.0. The zero-order valence-corrected chi connectivity index (χ0v) is 15.0. The number of benzene rings is 2. The van der Waals surface area contributed by atoms with Crippen LogP contribution in [0.1, 0.15) is 32.6 Å². The highest BCUT2D eigenvalue weighted by molar-refractivity contribution is 5.90. The Morgan fingerprint density at radius 2 is 1.77 bits per heavy atom. The molecule has 5 nitrogen and oxygen atoms in total. The summed E-state index contributed by atoms with van der Waals surface area (Å²) in [6, 6.07) is 12.2. The first-order valence-electron chi connectivity index (χ1n) is 8.27. The lowest BCUT2D eigenvalue weighted by Gasteiger charge is -2.10. The lowest BCUT2D eigenvalue weighted by Crippen LogP contribution is -2.08. The summed E-state index contributed by atoms with van der Waals surface area (Å²) >= 11 is 0. The molecule has 5 heteroatoms. The Labute approximate surface area is 151 Å². The molecule has 134 valence electrons. The largest absolute Gasteiger partial charge is 0.457 e. The van der Waals surface area contributed by atoms with Gasteiger partial charge in [0.25, 0.3) is 0 Å². The topological polar surface area (TPSA) is 65.7 Å². The number of methoxy groups -OCH3 is 1. The van der Waals surface area contributed by atoms with E-state index in [1.54, 1.807) is 19.2 Å². The second-order valence-corrected chi connectivity index (χ2v) is 6.18. The maximum atomic E-state index is 12.3. The average Bonchev–Trinajstić information content (AvgIpc) is 2.64. The predicted octanol–water partition coefficient (Wildman–Crippen LogP) is 3.91. The standard InChI is InChI=1S/C21H20O5/c1-13-4-9-18-17(10-19(22)26-20(18)14(13)2)12-25-21(23)16-7-5-15(6-8-16)11-24-3/h4-10H,11-12H2,1-3H3. The number of rotatable bonds is 5. The summed E-state index contributed by atoms with van der Waals surface area (Å²) in [5.41, 5.74) is 4.07. The molecule has 0 N–H and O–H groups in total. The molecule has 0 aliphatic heterocycles. The molecule has 0 aliphatic rings. The molecule has 0 radical (unpaired) electrons. The van der Waals surface area contributed by atoms with Gasteiger partial charge in [0.15, 0.2) is 0 Å². The zero-order valence-electron chi connectivity index (χ0n) is 15.0. The Bertz CT molecular complexity index is 999. The van der Waals surface area contributed by atoms with E-state index in [0.717, 1.165) is 22.1 Å². The van der Waals surface area contributed by atoms with Crippen molar-refractivity contribution >= 4 is 16.9 Å². The van der Waals surface area contributed by atoms with Crippen molar-refractivity contribution in [2.75, 3.05) is 7.11 Å². The summed E-state index contributed by atoms with van der Waals surface area (Å²) in [6.07, 6.45) is 0. The van der Waals surface area contributed by atoms with Crippen molar-refractivity contribution in [2.45, 2.75) is 27.1 Å². The highest BCUT2D eigenvalue weighted by Gasteiger charge is 2.12. The Kier molecular flexibility index (Phi) is 5.19. The van der Waals surface area contributed by atoms with Gasteiger partial charge in [-0.25, -0.2) is 9.59 Å². The van der Waals surface area contributed by atoms with E-state index >= 15 is 0 Å². The smallest absolute Gasteiger partial charge is 0.338 e. The molecule has 3 aromatic rings. The molecule has 0 bridgehead atoms. The molecule has 1 aromatic heterocycles. The summed E-state index contributed by atoms with van der Waals surface area (Å²) < 4.78 is 15.8. The fraction of sp³-hybridized carbons (Fsp3) is 0.238. The molecular formula is C21H20O5. The second-order valence-electron chi connectivity index (χ2n) is 6.18. The van der Waals surface area contributed by atoms with Gasteiger partial charge >= 0.3 is 11.6 Å². The van der Waals surface area contributed by atoms with Crippen LogP contribution in [0, 0.1) is 13.8 Å². The Hall–Kier alpha value is -2.92. The minimum atomic E-state index is -0.457. The van der Waals surface area contributed by atoms with Gasteiger partial charge in [-0.2, -0.15) is 0 Å². The van der Waals surface area contributed by atoms with E-state index in [1.807, 2.05) is 38.1 Å². The molecule has 0 unspecified atom stereocenters. The van der Waals surface area contributed by atoms with Crippen LogP contribution in [0.5, 0.6) is 0 Å². The fourth-order valence-electron chi connectivity index (χ4n) is 2.77. The zero-order chi connectivity index (χ0) is 18.7. The van der Waals surface area contributed by atoms with Crippen LogP contribution >= 0.6 is 0 Å². The summed E-state index contributed by atoms with van der Waals surface area (Å²) in [5.74, 6) is -0.445. The van der Waals surface area contributed by atoms with Crippen molar-refractivity contribution in [1.29, 1.82) is 0 Å². The van der Waals surface area contributed by atoms with Crippen LogP contribution in [0.25, 0.3) is 11.0 Å². The van der Waals surface area contributed by atoms with Crippen LogP contribution in [0.3, 0.4) is 0 Å². The van der Waals surface area contributed by atoms with Crippen molar-refractivity contribution in [3.63, 3.8) is 0 Å². The van der Waals surface area contributed by atoms with Crippen molar-refractivity contribution in [2.24, 2.45) is 0 Å². The normalized spacial score (nSPS) is 10.9. The number of fused-ring (bicyclic) bond motifs is 1. The van der Waals surface area contributed by atoms with E-state index in [4.69, 9.17) is 13.9 Å². The molecule has 0 saturated carbocycles. The van der Waals surface area contributed by atoms with Crippen LogP contribution in [0.4, 0.5) is 0 Å². The molecule has 0 saturated heterocycles. The van der Waals surface area contributed by atoms with Gasteiger partial charge in [-0.3, -0.25) is 0 Å². The Balaban J connectivity index is 1.82. The average molecular weight is 352 g/mol.